The Kier molecular flexibility index (Phi) is 3.75. The first kappa shape index (κ1) is 12.7. The third-order valence-corrected chi connectivity index (χ3v) is 3.52. The second-order valence-corrected chi connectivity index (χ2v) is 5.24. The lowest BCUT2D eigenvalue weighted by molar-refractivity contribution is 0.147. The highest BCUT2D eigenvalue weighted by Crippen LogP contribution is 2.22. The summed E-state index contributed by atoms with van der Waals surface area (Å²) in [7, 11) is 0. The van der Waals surface area contributed by atoms with Gasteiger partial charge in [0, 0.05) is 24.0 Å². The number of likely N-dealkylation sites (tertiary alicyclic amines) is 1. The Morgan fingerprint density at radius 3 is 2.89 bits per heavy atom. The van der Waals surface area contributed by atoms with Crippen molar-refractivity contribution >= 4 is 17.4 Å². The molecule has 1 heterocycles. The highest BCUT2D eigenvalue weighted by Gasteiger charge is 2.26. The number of benzene rings is 1. The van der Waals surface area contributed by atoms with Crippen molar-refractivity contribution in [3.05, 3.63) is 24.3 Å². The van der Waals surface area contributed by atoms with Crippen LogP contribution in [0, 0.1) is 5.92 Å². The first-order valence-corrected chi connectivity index (χ1v) is 6.49. The summed E-state index contributed by atoms with van der Waals surface area (Å²) in [5, 5.41) is 2.91. The van der Waals surface area contributed by atoms with Crippen LogP contribution in [0.2, 0.25) is 0 Å². The summed E-state index contributed by atoms with van der Waals surface area (Å²) in [4.78, 5) is 14.1. The van der Waals surface area contributed by atoms with Gasteiger partial charge in [-0.25, -0.2) is 4.79 Å². The van der Waals surface area contributed by atoms with Gasteiger partial charge in [0.05, 0.1) is 0 Å². The van der Waals surface area contributed by atoms with Gasteiger partial charge in [0.15, 0.2) is 0 Å². The molecule has 4 heteroatoms. The normalized spacial score (nSPS) is 23.8. The minimum Gasteiger partial charge on any atom is -0.399 e. The molecule has 98 valence electrons. The van der Waals surface area contributed by atoms with Crippen LogP contribution >= 0.6 is 0 Å². The zero-order valence-electron chi connectivity index (χ0n) is 11.0. The lowest BCUT2D eigenvalue weighted by atomic mass is 9.95. The van der Waals surface area contributed by atoms with Gasteiger partial charge in [-0.3, -0.25) is 0 Å². The molecule has 0 saturated carbocycles. The summed E-state index contributed by atoms with van der Waals surface area (Å²) in [6.07, 6.45) is 2.27. The maximum absolute atomic E-state index is 12.2. The molecular formula is C14H21N3O. The number of rotatable bonds is 1. The van der Waals surface area contributed by atoms with Gasteiger partial charge in [-0.1, -0.05) is 13.0 Å². The Balaban J connectivity index is 2.02. The van der Waals surface area contributed by atoms with Crippen molar-refractivity contribution in [2.24, 2.45) is 5.92 Å². The molecule has 1 saturated heterocycles. The fourth-order valence-electron chi connectivity index (χ4n) is 2.38. The van der Waals surface area contributed by atoms with Gasteiger partial charge in [0.2, 0.25) is 0 Å². The SMILES string of the molecule is CC1CCC(C)N(C(=O)Nc2cccc(N)c2)C1. The van der Waals surface area contributed by atoms with E-state index in [0.717, 1.165) is 18.7 Å². The van der Waals surface area contributed by atoms with Gasteiger partial charge in [-0.15, -0.1) is 0 Å². The molecule has 0 spiro atoms. The van der Waals surface area contributed by atoms with E-state index in [4.69, 9.17) is 5.73 Å². The third-order valence-electron chi connectivity index (χ3n) is 3.52. The van der Waals surface area contributed by atoms with E-state index in [0.29, 0.717) is 17.6 Å². The van der Waals surface area contributed by atoms with Crippen molar-refractivity contribution < 1.29 is 4.79 Å². The number of piperidine rings is 1. The molecule has 2 atom stereocenters. The molecule has 1 aromatic rings. The number of amides is 2. The van der Waals surface area contributed by atoms with Crippen LogP contribution < -0.4 is 11.1 Å². The number of urea groups is 1. The van der Waals surface area contributed by atoms with E-state index in [1.807, 2.05) is 17.0 Å². The van der Waals surface area contributed by atoms with Gasteiger partial charge >= 0.3 is 6.03 Å². The topological polar surface area (TPSA) is 58.4 Å². The van der Waals surface area contributed by atoms with Gasteiger partial charge in [-0.2, -0.15) is 0 Å². The molecule has 2 amide bonds. The van der Waals surface area contributed by atoms with Gasteiger partial charge in [-0.05, 0) is 43.9 Å². The van der Waals surface area contributed by atoms with Crippen LogP contribution in [0.4, 0.5) is 16.2 Å². The number of carbonyl (C=O) groups is 1. The zero-order valence-corrected chi connectivity index (χ0v) is 11.0. The predicted octanol–water partition coefficient (Wildman–Crippen LogP) is 2.92. The van der Waals surface area contributed by atoms with E-state index >= 15 is 0 Å². The van der Waals surface area contributed by atoms with Crippen molar-refractivity contribution in [2.75, 3.05) is 17.6 Å². The summed E-state index contributed by atoms with van der Waals surface area (Å²) in [6.45, 7) is 5.12. The highest BCUT2D eigenvalue weighted by molar-refractivity contribution is 5.90. The highest BCUT2D eigenvalue weighted by atomic mass is 16.2. The summed E-state index contributed by atoms with van der Waals surface area (Å²) >= 11 is 0. The first-order valence-electron chi connectivity index (χ1n) is 6.49. The smallest absolute Gasteiger partial charge is 0.322 e. The molecule has 1 aromatic carbocycles. The maximum Gasteiger partial charge on any atom is 0.322 e. The van der Waals surface area contributed by atoms with Crippen molar-refractivity contribution in [3.8, 4) is 0 Å². The molecule has 0 aromatic heterocycles. The minimum absolute atomic E-state index is 0.0281. The molecule has 0 aliphatic carbocycles. The Bertz CT molecular complexity index is 433. The Hall–Kier alpha value is -1.71. The lowest BCUT2D eigenvalue weighted by Gasteiger charge is -2.36. The second-order valence-electron chi connectivity index (χ2n) is 5.24. The van der Waals surface area contributed by atoms with Gasteiger partial charge in [0.25, 0.3) is 0 Å². The zero-order chi connectivity index (χ0) is 13.1. The van der Waals surface area contributed by atoms with Gasteiger partial charge < -0.3 is 16.0 Å². The third kappa shape index (κ3) is 2.94. The predicted molar refractivity (Wildman–Crippen MR) is 74.4 cm³/mol. The number of nitrogens with one attached hydrogen (secondary N) is 1. The van der Waals surface area contributed by atoms with Crippen LogP contribution in [-0.2, 0) is 0 Å². The summed E-state index contributed by atoms with van der Waals surface area (Å²) in [5.41, 5.74) is 7.11. The largest absolute Gasteiger partial charge is 0.399 e. The minimum atomic E-state index is -0.0281. The molecule has 0 radical (unpaired) electrons. The van der Waals surface area contributed by atoms with E-state index < -0.39 is 0 Å². The van der Waals surface area contributed by atoms with Crippen LogP contribution in [0.25, 0.3) is 0 Å². The Labute approximate surface area is 108 Å². The fourth-order valence-corrected chi connectivity index (χ4v) is 2.38. The molecule has 0 bridgehead atoms. The number of hydrogen-bond donors (Lipinski definition) is 2. The van der Waals surface area contributed by atoms with Crippen molar-refractivity contribution in [3.63, 3.8) is 0 Å². The number of nitrogens with two attached hydrogens (primary N) is 1. The van der Waals surface area contributed by atoms with E-state index in [2.05, 4.69) is 19.2 Å². The quantitative estimate of drug-likeness (QED) is 0.750. The molecule has 2 rings (SSSR count). The molecule has 3 N–H and O–H groups in total. The van der Waals surface area contributed by atoms with Crippen LogP contribution in [0.5, 0.6) is 0 Å². The number of nitrogen functional groups attached to an aromatic ring is 1. The van der Waals surface area contributed by atoms with E-state index in [1.165, 1.54) is 6.42 Å². The van der Waals surface area contributed by atoms with Gasteiger partial charge in [0.1, 0.15) is 0 Å². The van der Waals surface area contributed by atoms with Crippen molar-refractivity contribution in [1.82, 2.24) is 4.90 Å². The molecule has 1 fully saturated rings. The molecule has 1 aliphatic heterocycles. The number of anilines is 2. The molecular weight excluding hydrogens is 226 g/mol. The maximum atomic E-state index is 12.2. The standard InChI is InChI=1S/C14H21N3O/c1-10-6-7-11(2)17(9-10)14(18)16-13-5-3-4-12(15)8-13/h3-5,8,10-11H,6-7,9,15H2,1-2H3,(H,16,18). The number of hydrogen-bond acceptors (Lipinski definition) is 2. The first-order chi connectivity index (χ1) is 8.56. The van der Waals surface area contributed by atoms with Crippen molar-refractivity contribution in [2.45, 2.75) is 32.7 Å². The van der Waals surface area contributed by atoms with E-state index in [-0.39, 0.29) is 6.03 Å². The Morgan fingerprint density at radius 1 is 1.39 bits per heavy atom. The van der Waals surface area contributed by atoms with E-state index in [9.17, 15) is 4.79 Å². The van der Waals surface area contributed by atoms with Crippen molar-refractivity contribution in [1.29, 1.82) is 0 Å². The Morgan fingerprint density at radius 2 is 2.17 bits per heavy atom. The summed E-state index contributed by atoms with van der Waals surface area (Å²) in [6, 6.07) is 7.55. The van der Waals surface area contributed by atoms with Crippen LogP contribution in [0.15, 0.2) is 24.3 Å². The van der Waals surface area contributed by atoms with Crippen LogP contribution in [0.1, 0.15) is 26.7 Å². The summed E-state index contributed by atoms with van der Waals surface area (Å²) < 4.78 is 0. The summed E-state index contributed by atoms with van der Waals surface area (Å²) in [5.74, 6) is 0.577. The van der Waals surface area contributed by atoms with Crippen LogP contribution in [0.3, 0.4) is 0 Å². The molecule has 2 unspecified atom stereocenters. The lowest BCUT2D eigenvalue weighted by Crippen LogP contribution is -2.46. The molecule has 18 heavy (non-hydrogen) atoms. The molecule has 4 nitrogen and oxygen atoms in total. The van der Waals surface area contributed by atoms with Crippen LogP contribution in [-0.4, -0.2) is 23.5 Å². The number of carbonyl (C=O) groups excluding carboxylic acids is 1. The number of nitrogens with zero attached hydrogens (tertiary/aromatic N) is 1. The monoisotopic (exact) mass is 247 g/mol. The average molecular weight is 247 g/mol. The average Bonchev–Trinajstić information content (AvgIpc) is 2.32. The van der Waals surface area contributed by atoms with E-state index in [1.54, 1.807) is 12.1 Å². The fraction of sp³-hybridized carbons (Fsp3) is 0.500. The second kappa shape index (κ2) is 5.29. The molecule has 1 aliphatic rings.